The van der Waals surface area contributed by atoms with Gasteiger partial charge in [0.25, 0.3) is 0 Å². The van der Waals surface area contributed by atoms with E-state index >= 15 is 0 Å². The van der Waals surface area contributed by atoms with Gasteiger partial charge in [0.1, 0.15) is 0 Å². The maximum Gasteiger partial charge on any atom is 0.216 e. The second-order valence-electron chi connectivity index (χ2n) is 4.11. The molecule has 0 spiro atoms. The van der Waals surface area contributed by atoms with E-state index in [1.807, 2.05) is 24.5 Å². The molecule has 2 N–H and O–H groups in total. The first-order chi connectivity index (χ1) is 8.48. The summed E-state index contributed by atoms with van der Waals surface area (Å²) in [6, 6.07) is 8.74. The zero-order chi connectivity index (χ0) is 13.6. The summed E-state index contributed by atoms with van der Waals surface area (Å²) >= 11 is 1.45. The van der Waals surface area contributed by atoms with Gasteiger partial charge in [-0.15, -0.1) is 0 Å². The molecule has 0 amide bonds. The zero-order valence-corrected chi connectivity index (χ0v) is 12.2. The lowest BCUT2D eigenvalue weighted by Crippen LogP contribution is -2.41. The molecule has 0 aliphatic carbocycles. The van der Waals surface area contributed by atoms with Crippen molar-refractivity contribution in [3.63, 3.8) is 0 Å². The minimum Gasteiger partial charge on any atom is -0.395 e. The van der Waals surface area contributed by atoms with Crippen LogP contribution in [-0.4, -0.2) is 37.7 Å². The molecule has 6 heteroatoms. The van der Waals surface area contributed by atoms with Gasteiger partial charge in [-0.3, -0.25) is 0 Å². The zero-order valence-electron chi connectivity index (χ0n) is 10.5. The topological polar surface area (TPSA) is 66.4 Å². The number of nitrogens with one attached hydrogen (secondary N) is 1. The van der Waals surface area contributed by atoms with Crippen LogP contribution in [0.2, 0.25) is 0 Å². The molecule has 0 unspecified atom stereocenters. The Bertz CT molecular complexity index is 444. The maximum atomic E-state index is 11.9. The average Bonchev–Trinajstić information content (AvgIpc) is 2.30. The Morgan fingerprint density at radius 3 is 2.44 bits per heavy atom. The first kappa shape index (κ1) is 15.5. The van der Waals surface area contributed by atoms with Gasteiger partial charge in [0, 0.05) is 11.3 Å². The molecule has 0 saturated heterocycles. The van der Waals surface area contributed by atoms with Crippen molar-refractivity contribution < 1.29 is 13.5 Å². The van der Waals surface area contributed by atoms with Crippen molar-refractivity contribution in [3.8, 4) is 0 Å². The standard InChI is InChI=1S/C12H19NO3S2/c1-10(12(8-14)17-2)13-18(15,16)9-11-6-4-3-5-7-11/h3-7,10,12-14H,8-9H2,1-2H3/t10-,12+/m0/s1. The average molecular weight is 289 g/mol. The molecule has 0 saturated carbocycles. The molecule has 4 nitrogen and oxygen atoms in total. The number of benzene rings is 1. The molecule has 18 heavy (non-hydrogen) atoms. The Kier molecular flexibility index (Phi) is 6.14. The number of sulfonamides is 1. The van der Waals surface area contributed by atoms with Crippen molar-refractivity contribution in [2.45, 2.75) is 24.0 Å². The predicted molar refractivity (Wildman–Crippen MR) is 76.1 cm³/mol. The Balaban J connectivity index is 2.65. The largest absolute Gasteiger partial charge is 0.395 e. The molecule has 0 radical (unpaired) electrons. The fourth-order valence-electron chi connectivity index (χ4n) is 1.63. The molecule has 102 valence electrons. The Morgan fingerprint density at radius 2 is 1.94 bits per heavy atom. The highest BCUT2D eigenvalue weighted by Crippen LogP contribution is 2.12. The SMILES string of the molecule is CS[C@H](CO)[C@H](C)NS(=O)(=O)Cc1ccccc1. The number of thioether (sulfide) groups is 1. The van der Waals surface area contributed by atoms with Gasteiger partial charge in [-0.25, -0.2) is 13.1 Å². The van der Waals surface area contributed by atoms with Crippen LogP contribution in [0.4, 0.5) is 0 Å². The highest BCUT2D eigenvalue weighted by atomic mass is 32.2. The summed E-state index contributed by atoms with van der Waals surface area (Å²) in [6.45, 7) is 1.72. The fourth-order valence-corrected chi connectivity index (χ4v) is 3.79. The van der Waals surface area contributed by atoms with E-state index in [4.69, 9.17) is 5.11 Å². The summed E-state index contributed by atoms with van der Waals surface area (Å²) in [5.41, 5.74) is 0.752. The minimum absolute atomic E-state index is 0.0370. The molecular formula is C12H19NO3S2. The van der Waals surface area contributed by atoms with Crippen molar-refractivity contribution in [3.05, 3.63) is 35.9 Å². The number of aliphatic hydroxyl groups excluding tert-OH is 1. The number of aliphatic hydroxyl groups is 1. The van der Waals surface area contributed by atoms with Crippen molar-refractivity contribution in [1.29, 1.82) is 0 Å². The van der Waals surface area contributed by atoms with Crippen molar-refractivity contribution in [2.75, 3.05) is 12.9 Å². The van der Waals surface area contributed by atoms with Crippen LogP contribution in [0, 0.1) is 0 Å². The third-order valence-corrected chi connectivity index (χ3v) is 5.21. The van der Waals surface area contributed by atoms with Gasteiger partial charge in [0.15, 0.2) is 0 Å². The molecule has 1 aromatic rings. The van der Waals surface area contributed by atoms with Crippen LogP contribution in [0.1, 0.15) is 12.5 Å². The van der Waals surface area contributed by atoms with Gasteiger partial charge in [0.2, 0.25) is 10.0 Å². The van der Waals surface area contributed by atoms with Gasteiger partial charge in [-0.2, -0.15) is 11.8 Å². The number of rotatable bonds is 7. The third kappa shape index (κ3) is 4.97. The summed E-state index contributed by atoms with van der Waals surface area (Å²) in [5, 5.41) is 9.00. The maximum absolute atomic E-state index is 11.9. The second kappa shape index (κ2) is 7.13. The van der Waals surface area contributed by atoms with E-state index in [0.29, 0.717) is 0 Å². The predicted octanol–water partition coefficient (Wildman–Crippen LogP) is 1.22. The molecule has 0 heterocycles. The first-order valence-electron chi connectivity index (χ1n) is 5.66. The normalized spacial score (nSPS) is 15.3. The van der Waals surface area contributed by atoms with E-state index in [-0.39, 0.29) is 23.7 Å². The van der Waals surface area contributed by atoms with Crippen molar-refractivity contribution in [2.24, 2.45) is 0 Å². The van der Waals surface area contributed by atoms with Crippen LogP contribution >= 0.6 is 11.8 Å². The molecule has 0 bridgehead atoms. The Hall–Kier alpha value is -0.560. The Morgan fingerprint density at radius 1 is 1.33 bits per heavy atom. The van der Waals surface area contributed by atoms with Crippen molar-refractivity contribution >= 4 is 21.8 Å². The first-order valence-corrected chi connectivity index (χ1v) is 8.60. The molecule has 0 fully saturated rings. The van der Waals surface area contributed by atoms with Crippen LogP contribution in [0.3, 0.4) is 0 Å². The summed E-state index contributed by atoms with van der Waals surface area (Å²) in [4.78, 5) is 0. The van der Waals surface area contributed by atoms with Crippen LogP contribution < -0.4 is 4.72 Å². The number of hydrogen-bond donors (Lipinski definition) is 2. The van der Waals surface area contributed by atoms with Crippen LogP contribution in [-0.2, 0) is 15.8 Å². The van der Waals surface area contributed by atoms with Gasteiger partial charge >= 0.3 is 0 Å². The molecule has 0 aliphatic heterocycles. The minimum atomic E-state index is -3.37. The van der Waals surface area contributed by atoms with E-state index in [1.54, 1.807) is 19.1 Å². The van der Waals surface area contributed by atoms with Gasteiger partial charge in [0.05, 0.1) is 12.4 Å². The van der Waals surface area contributed by atoms with Gasteiger partial charge < -0.3 is 5.11 Å². The van der Waals surface area contributed by atoms with Crippen LogP contribution in [0.15, 0.2) is 30.3 Å². The molecule has 1 rings (SSSR count). The van der Waals surface area contributed by atoms with E-state index in [2.05, 4.69) is 4.72 Å². The summed E-state index contributed by atoms with van der Waals surface area (Å²) in [7, 11) is -3.37. The summed E-state index contributed by atoms with van der Waals surface area (Å²) in [5.74, 6) is -0.0370. The number of hydrogen-bond acceptors (Lipinski definition) is 4. The fraction of sp³-hybridized carbons (Fsp3) is 0.500. The van der Waals surface area contributed by atoms with E-state index in [0.717, 1.165) is 5.56 Å². The molecule has 0 aromatic heterocycles. The molecule has 0 aliphatic rings. The molecular weight excluding hydrogens is 270 g/mol. The van der Waals surface area contributed by atoms with Gasteiger partial charge in [-0.1, -0.05) is 30.3 Å². The van der Waals surface area contributed by atoms with E-state index < -0.39 is 10.0 Å². The van der Waals surface area contributed by atoms with Crippen LogP contribution in [0.25, 0.3) is 0 Å². The summed E-state index contributed by atoms with van der Waals surface area (Å²) in [6.07, 6.45) is 1.85. The lowest BCUT2D eigenvalue weighted by molar-refractivity contribution is 0.282. The molecule has 2 atom stereocenters. The lowest BCUT2D eigenvalue weighted by Gasteiger charge is -2.21. The van der Waals surface area contributed by atoms with Crippen molar-refractivity contribution in [1.82, 2.24) is 4.72 Å². The highest BCUT2D eigenvalue weighted by molar-refractivity contribution is 7.99. The third-order valence-electron chi connectivity index (χ3n) is 2.61. The smallest absolute Gasteiger partial charge is 0.216 e. The van der Waals surface area contributed by atoms with E-state index in [1.165, 1.54) is 11.8 Å². The second-order valence-corrected chi connectivity index (χ2v) is 6.94. The van der Waals surface area contributed by atoms with Crippen LogP contribution in [0.5, 0.6) is 0 Å². The summed E-state index contributed by atoms with van der Waals surface area (Å²) < 4.78 is 26.5. The monoisotopic (exact) mass is 289 g/mol. The molecule has 1 aromatic carbocycles. The quantitative estimate of drug-likeness (QED) is 0.792. The highest BCUT2D eigenvalue weighted by Gasteiger charge is 2.21. The van der Waals surface area contributed by atoms with E-state index in [9.17, 15) is 8.42 Å². The Labute approximate surface area is 113 Å². The lowest BCUT2D eigenvalue weighted by atomic mass is 10.2. The van der Waals surface area contributed by atoms with Gasteiger partial charge in [-0.05, 0) is 18.7 Å².